The molecule has 1 aliphatic heterocycles. The van der Waals surface area contributed by atoms with Crippen molar-refractivity contribution in [3.05, 3.63) is 29.3 Å². The van der Waals surface area contributed by atoms with E-state index in [2.05, 4.69) is 0 Å². The number of aromatic carboxylic acids is 1. The van der Waals surface area contributed by atoms with Crippen LogP contribution in [0.25, 0.3) is 0 Å². The molecular formula is C12H12O5. The van der Waals surface area contributed by atoms with Gasteiger partial charge in [0.25, 0.3) is 0 Å². The number of rotatable bonds is 4. The molecule has 2 N–H and O–H groups in total. The number of hydrogen-bond acceptors (Lipinski definition) is 3. The van der Waals surface area contributed by atoms with Gasteiger partial charge >= 0.3 is 11.9 Å². The molecule has 1 unspecified atom stereocenters. The van der Waals surface area contributed by atoms with Gasteiger partial charge in [-0.05, 0) is 30.2 Å². The molecule has 0 amide bonds. The third-order valence-corrected chi connectivity index (χ3v) is 2.73. The average Bonchev–Trinajstić information content (AvgIpc) is 2.67. The second kappa shape index (κ2) is 4.45. The first kappa shape index (κ1) is 11.4. The quantitative estimate of drug-likeness (QED) is 0.828. The highest BCUT2D eigenvalue weighted by Gasteiger charge is 2.24. The Balaban J connectivity index is 2.06. The molecule has 0 fully saturated rings. The summed E-state index contributed by atoms with van der Waals surface area (Å²) in [4.78, 5) is 21.2. The van der Waals surface area contributed by atoms with Crippen LogP contribution in [-0.2, 0) is 11.2 Å². The van der Waals surface area contributed by atoms with Crippen LogP contribution in [0.4, 0.5) is 0 Å². The highest BCUT2D eigenvalue weighted by molar-refractivity contribution is 5.88. The zero-order chi connectivity index (χ0) is 12.4. The summed E-state index contributed by atoms with van der Waals surface area (Å²) >= 11 is 0. The maximum Gasteiger partial charge on any atom is 0.335 e. The van der Waals surface area contributed by atoms with E-state index in [9.17, 15) is 9.59 Å². The lowest BCUT2D eigenvalue weighted by molar-refractivity contribution is -0.137. The Morgan fingerprint density at radius 3 is 2.76 bits per heavy atom. The first-order chi connectivity index (χ1) is 8.06. The van der Waals surface area contributed by atoms with Gasteiger partial charge in [-0.15, -0.1) is 0 Å². The summed E-state index contributed by atoms with van der Waals surface area (Å²) in [6.07, 6.45) is 0.908. The van der Waals surface area contributed by atoms with Crippen LogP contribution in [-0.4, -0.2) is 28.3 Å². The maximum atomic E-state index is 10.8. The Morgan fingerprint density at radius 2 is 2.12 bits per heavy atom. The third-order valence-electron chi connectivity index (χ3n) is 2.73. The number of hydrogen-bond donors (Lipinski definition) is 2. The second-order valence-corrected chi connectivity index (χ2v) is 4.00. The van der Waals surface area contributed by atoms with Crippen molar-refractivity contribution < 1.29 is 24.5 Å². The van der Waals surface area contributed by atoms with Crippen LogP contribution in [0.15, 0.2) is 18.2 Å². The normalized spacial score (nSPS) is 17.3. The van der Waals surface area contributed by atoms with E-state index in [1.807, 2.05) is 0 Å². The maximum absolute atomic E-state index is 10.8. The summed E-state index contributed by atoms with van der Waals surface area (Å²) in [7, 11) is 0. The minimum absolute atomic E-state index is 0.0600. The second-order valence-electron chi connectivity index (χ2n) is 4.00. The minimum atomic E-state index is -0.971. The van der Waals surface area contributed by atoms with Crippen LogP contribution in [0.3, 0.4) is 0 Å². The fourth-order valence-electron chi connectivity index (χ4n) is 1.90. The van der Waals surface area contributed by atoms with Gasteiger partial charge in [0.2, 0.25) is 0 Å². The molecule has 1 aromatic rings. The molecule has 0 bridgehead atoms. The van der Waals surface area contributed by atoms with E-state index < -0.39 is 11.9 Å². The van der Waals surface area contributed by atoms with Crippen molar-refractivity contribution in [3.63, 3.8) is 0 Å². The van der Waals surface area contributed by atoms with Crippen molar-refractivity contribution in [2.45, 2.75) is 25.4 Å². The molecule has 0 radical (unpaired) electrons. The topological polar surface area (TPSA) is 83.8 Å². The van der Waals surface area contributed by atoms with Crippen molar-refractivity contribution in [1.29, 1.82) is 0 Å². The molecule has 2 rings (SSSR count). The van der Waals surface area contributed by atoms with Gasteiger partial charge in [-0.1, -0.05) is 0 Å². The number of fused-ring (bicyclic) bond motifs is 1. The van der Waals surface area contributed by atoms with Gasteiger partial charge in [-0.25, -0.2) is 4.79 Å². The molecule has 0 saturated carbocycles. The number of carboxylic acids is 2. The van der Waals surface area contributed by atoms with E-state index in [0.717, 1.165) is 5.56 Å². The number of ether oxygens (including phenoxy) is 1. The molecule has 17 heavy (non-hydrogen) atoms. The Labute approximate surface area is 97.6 Å². The summed E-state index contributed by atoms with van der Waals surface area (Å²) < 4.78 is 5.54. The predicted octanol–water partition coefficient (Wildman–Crippen LogP) is 1.55. The van der Waals surface area contributed by atoms with Crippen LogP contribution in [0.1, 0.15) is 28.8 Å². The molecule has 0 spiro atoms. The van der Waals surface area contributed by atoms with E-state index in [1.165, 1.54) is 6.07 Å². The summed E-state index contributed by atoms with van der Waals surface area (Å²) in [6, 6.07) is 4.69. The Hall–Kier alpha value is -2.04. The lowest BCUT2D eigenvalue weighted by Gasteiger charge is -2.07. The Morgan fingerprint density at radius 1 is 1.35 bits per heavy atom. The first-order valence-electron chi connectivity index (χ1n) is 5.31. The molecule has 0 aromatic heterocycles. The largest absolute Gasteiger partial charge is 0.490 e. The fourth-order valence-corrected chi connectivity index (χ4v) is 1.90. The van der Waals surface area contributed by atoms with Crippen molar-refractivity contribution in [3.8, 4) is 5.75 Å². The third kappa shape index (κ3) is 2.55. The number of carboxylic acid groups (broad SMARTS) is 2. The highest BCUT2D eigenvalue weighted by atomic mass is 16.5. The standard InChI is InChI=1S/C12H12O5/c13-11(14)4-2-9-6-8-5-7(12(15)16)1-3-10(8)17-9/h1,3,5,9H,2,4,6H2,(H,13,14)(H,15,16). The first-order valence-corrected chi connectivity index (χ1v) is 5.31. The molecule has 5 heteroatoms. The number of aliphatic carboxylic acids is 1. The van der Waals surface area contributed by atoms with Gasteiger partial charge in [-0.3, -0.25) is 4.79 Å². The fraction of sp³-hybridized carbons (Fsp3) is 0.333. The molecule has 1 atom stereocenters. The minimum Gasteiger partial charge on any atom is -0.490 e. The molecule has 1 aliphatic rings. The molecular weight excluding hydrogens is 224 g/mol. The highest BCUT2D eigenvalue weighted by Crippen LogP contribution is 2.31. The Bertz CT molecular complexity index is 466. The van der Waals surface area contributed by atoms with Crippen LogP contribution < -0.4 is 4.74 Å². The SMILES string of the molecule is O=C(O)CCC1Cc2cc(C(=O)O)ccc2O1. The van der Waals surface area contributed by atoms with Crippen LogP contribution >= 0.6 is 0 Å². The van der Waals surface area contributed by atoms with E-state index in [-0.39, 0.29) is 18.1 Å². The van der Waals surface area contributed by atoms with Crippen LogP contribution in [0, 0.1) is 0 Å². The van der Waals surface area contributed by atoms with Crippen molar-refractivity contribution in [2.24, 2.45) is 0 Å². The van der Waals surface area contributed by atoms with Gasteiger partial charge < -0.3 is 14.9 Å². The van der Waals surface area contributed by atoms with Gasteiger partial charge in [0.15, 0.2) is 0 Å². The average molecular weight is 236 g/mol. The van der Waals surface area contributed by atoms with Gasteiger partial charge in [-0.2, -0.15) is 0 Å². The van der Waals surface area contributed by atoms with Crippen molar-refractivity contribution in [2.75, 3.05) is 0 Å². The predicted molar refractivity (Wildman–Crippen MR) is 58.4 cm³/mol. The molecule has 0 aliphatic carbocycles. The van der Waals surface area contributed by atoms with E-state index >= 15 is 0 Å². The van der Waals surface area contributed by atoms with Crippen molar-refractivity contribution in [1.82, 2.24) is 0 Å². The van der Waals surface area contributed by atoms with E-state index in [1.54, 1.807) is 12.1 Å². The van der Waals surface area contributed by atoms with Gasteiger partial charge in [0.1, 0.15) is 11.9 Å². The van der Waals surface area contributed by atoms with Crippen molar-refractivity contribution >= 4 is 11.9 Å². The zero-order valence-electron chi connectivity index (χ0n) is 9.05. The lowest BCUT2D eigenvalue weighted by atomic mass is 10.0. The number of benzene rings is 1. The summed E-state index contributed by atoms with van der Waals surface area (Å²) in [5, 5.41) is 17.4. The van der Waals surface area contributed by atoms with Crippen LogP contribution in [0.5, 0.6) is 5.75 Å². The monoisotopic (exact) mass is 236 g/mol. The molecule has 1 heterocycles. The van der Waals surface area contributed by atoms with E-state index in [0.29, 0.717) is 18.6 Å². The molecule has 1 aromatic carbocycles. The summed E-state index contributed by atoms with van der Waals surface area (Å²) in [5.74, 6) is -1.16. The molecule has 5 nitrogen and oxygen atoms in total. The van der Waals surface area contributed by atoms with Gasteiger partial charge in [0, 0.05) is 12.8 Å². The smallest absolute Gasteiger partial charge is 0.335 e. The zero-order valence-corrected chi connectivity index (χ0v) is 9.05. The Kier molecular flexibility index (Phi) is 2.99. The molecule has 90 valence electrons. The number of carbonyl (C=O) groups is 2. The molecule has 0 saturated heterocycles. The van der Waals surface area contributed by atoms with Crippen LogP contribution in [0.2, 0.25) is 0 Å². The summed E-state index contributed by atoms with van der Waals surface area (Å²) in [5.41, 5.74) is 1.06. The van der Waals surface area contributed by atoms with E-state index in [4.69, 9.17) is 14.9 Å². The van der Waals surface area contributed by atoms with Gasteiger partial charge in [0.05, 0.1) is 5.56 Å². The lowest BCUT2D eigenvalue weighted by Crippen LogP contribution is -2.14. The summed E-state index contributed by atoms with van der Waals surface area (Å²) in [6.45, 7) is 0.